The van der Waals surface area contributed by atoms with E-state index in [0.717, 1.165) is 4.57 Å². The zero-order valence-corrected chi connectivity index (χ0v) is 13.5. The molecule has 8 heteroatoms. The second kappa shape index (κ2) is 5.80. The first-order valence-corrected chi connectivity index (χ1v) is 7.22. The molecule has 0 fully saturated rings. The molecule has 0 spiro atoms. The minimum atomic E-state index is -0.482. The van der Waals surface area contributed by atoms with E-state index in [2.05, 4.69) is 4.98 Å². The summed E-state index contributed by atoms with van der Waals surface area (Å²) in [5.41, 5.74) is -0.00357. The van der Waals surface area contributed by atoms with E-state index in [9.17, 15) is 14.4 Å². The molecule has 1 aromatic carbocycles. The molecule has 0 N–H and O–H groups in total. The number of aromatic nitrogens is 4. The largest absolute Gasteiger partial charge is 0.497 e. The van der Waals surface area contributed by atoms with Gasteiger partial charge in [-0.05, 0) is 12.1 Å². The summed E-state index contributed by atoms with van der Waals surface area (Å²) >= 11 is 0. The second-order valence-electron chi connectivity index (χ2n) is 5.41. The number of benzene rings is 1. The van der Waals surface area contributed by atoms with E-state index < -0.39 is 11.2 Å². The third kappa shape index (κ3) is 2.41. The Morgan fingerprint density at radius 2 is 1.96 bits per heavy atom. The quantitative estimate of drug-likeness (QED) is 0.644. The molecular weight excluding hydrogens is 312 g/mol. The lowest BCUT2D eigenvalue weighted by atomic mass is 10.1. The summed E-state index contributed by atoms with van der Waals surface area (Å²) in [6, 6.07) is 6.78. The Hall–Kier alpha value is -3.16. The number of ether oxygens (including phenoxy) is 1. The molecule has 2 aromatic heterocycles. The molecule has 0 bridgehead atoms. The van der Waals surface area contributed by atoms with Gasteiger partial charge in [0.05, 0.1) is 20.0 Å². The van der Waals surface area contributed by atoms with Crippen LogP contribution in [0.25, 0.3) is 11.2 Å². The summed E-state index contributed by atoms with van der Waals surface area (Å²) in [6.07, 6.45) is 1.39. The number of rotatable bonds is 4. The number of carbonyl (C=O) groups excluding carboxylic acids is 1. The molecule has 3 rings (SSSR count). The molecule has 0 radical (unpaired) electrons. The van der Waals surface area contributed by atoms with Crippen LogP contribution in [0.2, 0.25) is 0 Å². The molecule has 0 aliphatic rings. The molecule has 3 aromatic rings. The summed E-state index contributed by atoms with van der Waals surface area (Å²) in [6.45, 7) is -0.0584. The Morgan fingerprint density at radius 3 is 2.67 bits per heavy atom. The monoisotopic (exact) mass is 328 g/mol. The Kier molecular flexibility index (Phi) is 3.80. The number of hydrogen-bond donors (Lipinski definition) is 0. The number of fused-ring (bicyclic) bond motifs is 1. The van der Waals surface area contributed by atoms with E-state index in [-0.39, 0.29) is 23.5 Å². The molecule has 0 aliphatic carbocycles. The summed E-state index contributed by atoms with van der Waals surface area (Å²) in [7, 11) is 4.45. The highest BCUT2D eigenvalue weighted by Crippen LogP contribution is 2.14. The van der Waals surface area contributed by atoms with Crippen molar-refractivity contribution < 1.29 is 9.53 Å². The van der Waals surface area contributed by atoms with Crippen molar-refractivity contribution in [2.75, 3.05) is 7.11 Å². The number of methoxy groups -OCH3 is 1. The van der Waals surface area contributed by atoms with Gasteiger partial charge in [-0.2, -0.15) is 0 Å². The first-order valence-electron chi connectivity index (χ1n) is 7.22. The van der Waals surface area contributed by atoms with Crippen LogP contribution >= 0.6 is 0 Å². The average Bonchev–Trinajstić information content (AvgIpc) is 3.01. The van der Waals surface area contributed by atoms with Gasteiger partial charge in [0.1, 0.15) is 5.75 Å². The van der Waals surface area contributed by atoms with Gasteiger partial charge >= 0.3 is 5.69 Å². The Bertz CT molecular complexity index is 1060. The molecule has 8 nitrogen and oxygen atoms in total. The van der Waals surface area contributed by atoms with Crippen LogP contribution in [0.15, 0.2) is 40.2 Å². The lowest BCUT2D eigenvalue weighted by Crippen LogP contribution is -2.37. The van der Waals surface area contributed by atoms with Crippen LogP contribution in [-0.4, -0.2) is 31.6 Å². The number of ketones is 1. The van der Waals surface area contributed by atoms with E-state index >= 15 is 0 Å². The first kappa shape index (κ1) is 15.7. The van der Waals surface area contributed by atoms with Crippen LogP contribution in [0.5, 0.6) is 5.75 Å². The third-order valence-corrected chi connectivity index (χ3v) is 3.92. The second-order valence-corrected chi connectivity index (χ2v) is 5.41. The van der Waals surface area contributed by atoms with E-state index in [1.807, 2.05) is 0 Å². The topological polar surface area (TPSA) is 88.1 Å². The van der Waals surface area contributed by atoms with Crippen molar-refractivity contribution in [3.8, 4) is 5.75 Å². The van der Waals surface area contributed by atoms with Crippen molar-refractivity contribution in [3.05, 3.63) is 57.0 Å². The number of nitrogens with zero attached hydrogens (tertiary/aromatic N) is 4. The fourth-order valence-corrected chi connectivity index (χ4v) is 2.56. The van der Waals surface area contributed by atoms with Gasteiger partial charge in [0.2, 0.25) is 0 Å². The predicted molar refractivity (Wildman–Crippen MR) is 87.5 cm³/mol. The minimum absolute atomic E-state index is 0.0584. The normalized spacial score (nSPS) is 11.0. The van der Waals surface area contributed by atoms with Gasteiger partial charge in [-0.3, -0.25) is 18.7 Å². The smallest absolute Gasteiger partial charge is 0.332 e. The number of hydrogen-bond acceptors (Lipinski definition) is 5. The highest BCUT2D eigenvalue weighted by Gasteiger charge is 2.16. The zero-order valence-electron chi connectivity index (χ0n) is 13.5. The number of aryl methyl sites for hydroxylation is 1. The SMILES string of the molecule is COc1cccc(C(=O)Cn2cnc3c2c(=O)n(C)c(=O)n3C)c1. The molecule has 0 saturated carbocycles. The van der Waals surface area contributed by atoms with Crippen molar-refractivity contribution in [3.63, 3.8) is 0 Å². The van der Waals surface area contributed by atoms with E-state index in [4.69, 9.17) is 4.74 Å². The van der Waals surface area contributed by atoms with Crippen molar-refractivity contribution in [1.29, 1.82) is 0 Å². The highest BCUT2D eigenvalue weighted by atomic mass is 16.5. The van der Waals surface area contributed by atoms with Crippen LogP contribution in [0, 0.1) is 0 Å². The number of imidazole rings is 1. The highest BCUT2D eigenvalue weighted by molar-refractivity contribution is 5.96. The van der Waals surface area contributed by atoms with Gasteiger partial charge in [-0.15, -0.1) is 0 Å². The standard InChI is InChI=1S/C16H16N4O4/c1-18-14-13(15(22)19(2)16(18)23)20(9-17-14)8-12(21)10-5-4-6-11(7-10)24-3/h4-7,9H,8H2,1-3H3. The lowest BCUT2D eigenvalue weighted by Gasteiger charge is -2.07. The van der Waals surface area contributed by atoms with Gasteiger partial charge < -0.3 is 9.30 Å². The van der Waals surface area contributed by atoms with Gasteiger partial charge in [0.15, 0.2) is 16.9 Å². The van der Waals surface area contributed by atoms with Crippen LogP contribution in [-0.2, 0) is 20.6 Å². The van der Waals surface area contributed by atoms with Crippen molar-refractivity contribution >= 4 is 16.9 Å². The van der Waals surface area contributed by atoms with Gasteiger partial charge in [0, 0.05) is 19.7 Å². The van der Waals surface area contributed by atoms with Crippen molar-refractivity contribution in [1.82, 2.24) is 18.7 Å². The molecule has 0 aliphatic heterocycles. The van der Waals surface area contributed by atoms with Crippen molar-refractivity contribution in [2.45, 2.75) is 6.54 Å². The van der Waals surface area contributed by atoms with E-state index in [0.29, 0.717) is 11.3 Å². The predicted octanol–water partition coefficient (Wildman–Crippen LogP) is 0.325. The van der Waals surface area contributed by atoms with Crippen LogP contribution in [0.4, 0.5) is 0 Å². The summed E-state index contributed by atoms with van der Waals surface area (Å²) in [5, 5.41) is 0. The Balaban J connectivity index is 2.06. The Labute approximate surface area is 136 Å². The number of carbonyl (C=O) groups is 1. The van der Waals surface area contributed by atoms with Crippen LogP contribution in [0.3, 0.4) is 0 Å². The summed E-state index contributed by atoms with van der Waals surface area (Å²) in [4.78, 5) is 40.9. The molecule has 24 heavy (non-hydrogen) atoms. The van der Waals surface area contributed by atoms with E-state index in [1.54, 1.807) is 24.3 Å². The average molecular weight is 328 g/mol. The maximum Gasteiger partial charge on any atom is 0.332 e. The van der Waals surface area contributed by atoms with Gasteiger partial charge in [-0.25, -0.2) is 9.78 Å². The zero-order chi connectivity index (χ0) is 17.4. The Morgan fingerprint density at radius 1 is 1.21 bits per heavy atom. The molecule has 0 unspecified atom stereocenters. The van der Waals surface area contributed by atoms with Crippen LogP contribution in [0.1, 0.15) is 10.4 Å². The van der Waals surface area contributed by atoms with Gasteiger partial charge in [0.25, 0.3) is 5.56 Å². The maximum atomic E-state index is 12.5. The lowest BCUT2D eigenvalue weighted by molar-refractivity contribution is 0.0973. The van der Waals surface area contributed by atoms with Crippen LogP contribution < -0.4 is 16.0 Å². The summed E-state index contributed by atoms with van der Waals surface area (Å²) in [5.74, 6) is 0.388. The molecule has 124 valence electrons. The molecule has 0 amide bonds. The molecule has 0 atom stereocenters. The fraction of sp³-hybridized carbons (Fsp3) is 0.250. The molecule has 2 heterocycles. The molecular formula is C16H16N4O4. The third-order valence-electron chi connectivity index (χ3n) is 3.92. The summed E-state index contributed by atoms with van der Waals surface area (Å²) < 4.78 is 8.85. The fourth-order valence-electron chi connectivity index (χ4n) is 2.56. The molecule has 0 saturated heterocycles. The van der Waals surface area contributed by atoms with Gasteiger partial charge in [-0.1, -0.05) is 12.1 Å². The number of Topliss-reactive ketones (excluding diaryl/α,β-unsaturated/α-hetero) is 1. The van der Waals surface area contributed by atoms with E-state index in [1.165, 1.54) is 36.7 Å². The van der Waals surface area contributed by atoms with Crippen molar-refractivity contribution in [2.24, 2.45) is 14.1 Å². The minimum Gasteiger partial charge on any atom is -0.497 e. The maximum absolute atomic E-state index is 12.5. The first-order chi connectivity index (χ1) is 11.4.